The van der Waals surface area contributed by atoms with E-state index in [0.717, 1.165) is 0 Å². The van der Waals surface area contributed by atoms with Crippen LogP contribution in [0.25, 0.3) is 0 Å². The van der Waals surface area contributed by atoms with Crippen molar-refractivity contribution in [2.75, 3.05) is 0 Å². The van der Waals surface area contributed by atoms with Crippen LogP contribution in [0.5, 0.6) is 0 Å². The molecule has 1 aromatic rings. The molecule has 0 aliphatic heterocycles. The average molecular weight is 289 g/mol. The Morgan fingerprint density at radius 3 is 2.39 bits per heavy atom. The van der Waals surface area contributed by atoms with E-state index in [1.807, 2.05) is 0 Å². The van der Waals surface area contributed by atoms with E-state index in [4.69, 9.17) is 28.3 Å². The van der Waals surface area contributed by atoms with E-state index in [-0.39, 0.29) is 18.6 Å². The van der Waals surface area contributed by atoms with Gasteiger partial charge in [-0.15, -0.1) is 0 Å². The van der Waals surface area contributed by atoms with E-state index in [1.54, 1.807) is 26.0 Å². The molecule has 0 heterocycles. The largest absolute Gasteiger partial charge is 0.481 e. The highest BCUT2D eigenvalue weighted by Crippen LogP contribution is 2.30. The number of hydrogen-bond donors (Lipinski definition) is 1. The fourth-order valence-corrected chi connectivity index (χ4v) is 2.11. The third-order valence-corrected chi connectivity index (χ3v) is 3.06. The lowest BCUT2D eigenvalue weighted by molar-refractivity contribution is -0.139. The lowest BCUT2D eigenvalue weighted by Crippen LogP contribution is -2.21. The second-order valence-corrected chi connectivity index (χ2v) is 5.80. The van der Waals surface area contributed by atoms with Crippen molar-refractivity contribution in [3.05, 3.63) is 33.8 Å². The van der Waals surface area contributed by atoms with Crippen LogP contribution in [0.15, 0.2) is 18.2 Å². The molecule has 1 aromatic carbocycles. The fraction of sp³-hybridized carbons (Fsp3) is 0.385. The summed E-state index contributed by atoms with van der Waals surface area (Å²) in [5.41, 5.74) is -0.281. The molecule has 0 radical (unpaired) electrons. The number of hydrogen-bond acceptors (Lipinski definition) is 2. The van der Waals surface area contributed by atoms with E-state index < -0.39 is 11.4 Å². The number of carboxylic acids is 1. The van der Waals surface area contributed by atoms with Gasteiger partial charge in [-0.05, 0) is 23.6 Å². The zero-order chi connectivity index (χ0) is 13.9. The average Bonchev–Trinajstić information content (AvgIpc) is 2.18. The number of rotatable bonds is 5. The summed E-state index contributed by atoms with van der Waals surface area (Å²) in [5, 5.41) is 9.53. The van der Waals surface area contributed by atoms with Gasteiger partial charge in [0.2, 0.25) is 0 Å². The number of benzene rings is 1. The molecule has 1 rings (SSSR count). The first-order valence-corrected chi connectivity index (χ1v) is 6.17. The maximum atomic E-state index is 12.1. The van der Waals surface area contributed by atoms with Crippen molar-refractivity contribution in [2.45, 2.75) is 26.7 Å². The van der Waals surface area contributed by atoms with Gasteiger partial charge in [-0.3, -0.25) is 9.59 Å². The molecular formula is C13H14Cl2O3. The molecule has 0 bridgehead atoms. The van der Waals surface area contributed by atoms with Crippen LogP contribution in [0.3, 0.4) is 0 Å². The van der Waals surface area contributed by atoms with Gasteiger partial charge in [-0.1, -0.05) is 37.0 Å². The summed E-state index contributed by atoms with van der Waals surface area (Å²) in [6.07, 6.45) is 0.0380. The van der Waals surface area contributed by atoms with Crippen molar-refractivity contribution >= 4 is 35.0 Å². The van der Waals surface area contributed by atoms with E-state index in [2.05, 4.69) is 0 Å². The van der Waals surface area contributed by atoms with Gasteiger partial charge in [0, 0.05) is 17.0 Å². The van der Waals surface area contributed by atoms with Gasteiger partial charge < -0.3 is 5.11 Å². The molecule has 3 nitrogen and oxygen atoms in total. The summed E-state index contributed by atoms with van der Waals surface area (Å²) < 4.78 is 0. The molecule has 98 valence electrons. The number of aliphatic carboxylic acids is 1. The van der Waals surface area contributed by atoms with E-state index in [1.165, 1.54) is 6.07 Å². The lowest BCUT2D eigenvalue weighted by atomic mass is 9.82. The smallest absolute Gasteiger partial charge is 0.303 e. The molecule has 0 spiro atoms. The van der Waals surface area contributed by atoms with Crippen molar-refractivity contribution in [1.82, 2.24) is 0 Å². The standard InChI is InChI=1S/C13H14Cl2O3/c1-13(2,7-12(17)18)6-11(16)9-5-8(14)3-4-10(9)15/h3-5H,6-7H2,1-2H3,(H,17,18). The maximum absolute atomic E-state index is 12.1. The number of Topliss-reactive ketones (excluding diaryl/α,β-unsaturated/α-hetero) is 1. The number of carbonyl (C=O) groups is 2. The molecule has 0 saturated carbocycles. The van der Waals surface area contributed by atoms with Crippen molar-refractivity contribution < 1.29 is 14.7 Å². The molecule has 0 aromatic heterocycles. The van der Waals surface area contributed by atoms with Crippen LogP contribution in [-0.2, 0) is 4.79 Å². The molecule has 1 N–H and O–H groups in total. The molecule has 0 saturated heterocycles. The van der Waals surface area contributed by atoms with E-state index in [9.17, 15) is 9.59 Å². The Morgan fingerprint density at radius 1 is 1.22 bits per heavy atom. The minimum absolute atomic E-state index is 0.0725. The Morgan fingerprint density at radius 2 is 1.83 bits per heavy atom. The Hall–Kier alpha value is -1.06. The molecule has 0 aliphatic rings. The van der Waals surface area contributed by atoms with Crippen molar-refractivity contribution in [1.29, 1.82) is 0 Å². The molecule has 0 amide bonds. The Bertz CT molecular complexity index is 481. The quantitative estimate of drug-likeness (QED) is 0.831. The first-order chi connectivity index (χ1) is 8.21. The van der Waals surface area contributed by atoms with Crippen molar-refractivity contribution in [3.8, 4) is 0 Å². The molecule has 0 unspecified atom stereocenters. The molecule has 0 atom stereocenters. The van der Waals surface area contributed by atoms with Crippen LogP contribution in [0.2, 0.25) is 10.0 Å². The third kappa shape index (κ3) is 4.31. The predicted molar refractivity (Wildman–Crippen MR) is 71.4 cm³/mol. The second kappa shape index (κ2) is 5.72. The van der Waals surface area contributed by atoms with Crippen LogP contribution >= 0.6 is 23.2 Å². The number of ketones is 1. The SMILES string of the molecule is CC(C)(CC(=O)O)CC(=O)c1cc(Cl)ccc1Cl. The van der Waals surface area contributed by atoms with E-state index in [0.29, 0.717) is 15.6 Å². The topological polar surface area (TPSA) is 54.4 Å². The highest BCUT2D eigenvalue weighted by atomic mass is 35.5. The fourth-order valence-electron chi connectivity index (χ4n) is 1.71. The summed E-state index contributed by atoms with van der Waals surface area (Å²) in [7, 11) is 0. The van der Waals surface area contributed by atoms with Crippen molar-refractivity contribution in [2.24, 2.45) is 5.41 Å². The number of carboxylic acid groups (broad SMARTS) is 1. The first-order valence-electron chi connectivity index (χ1n) is 5.41. The van der Waals surface area contributed by atoms with Crippen LogP contribution in [0.1, 0.15) is 37.0 Å². The summed E-state index contributed by atoms with van der Waals surface area (Å²) in [6, 6.07) is 4.66. The van der Waals surface area contributed by atoms with Crippen LogP contribution in [-0.4, -0.2) is 16.9 Å². The zero-order valence-corrected chi connectivity index (χ0v) is 11.7. The maximum Gasteiger partial charge on any atom is 0.303 e. The monoisotopic (exact) mass is 288 g/mol. The second-order valence-electron chi connectivity index (χ2n) is 4.96. The van der Waals surface area contributed by atoms with Gasteiger partial charge in [0.25, 0.3) is 0 Å². The van der Waals surface area contributed by atoms with Crippen molar-refractivity contribution in [3.63, 3.8) is 0 Å². The molecular weight excluding hydrogens is 275 g/mol. The Balaban J connectivity index is 2.88. The molecule has 0 fully saturated rings. The van der Waals surface area contributed by atoms with Gasteiger partial charge in [0.15, 0.2) is 5.78 Å². The molecule has 0 aliphatic carbocycles. The van der Waals surface area contributed by atoms with Gasteiger partial charge in [0.1, 0.15) is 0 Å². The van der Waals surface area contributed by atoms with Gasteiger partial charge in [-0.25, -0.2) is 0 Å². The minimum atomic E-state index is -0.926. The highest BCUT2D eigenvalue weighted by molar-refractivity contribution is 6.35. The van der Waals surface area contributed by atoms with Crippen LogP contribution in [0.4, 0.5) is 0 Å². The number of halogens is 2. The van der Waals surface area contributed by atoms with Gasteiger partial charge >= 0.3 is 5.97 Å². The zero-order valence-electron chi connectivity index (χ0n) is 10.2. The highest BCUT2D eigenvalue weighted by Gasteiger charge is 2.26. The number of carbonyl (C=O) groups excluding carboxylic acids is 1. The third-order valence-electron chi connectivity index (χ3n) is 2.50. The van der Waals surface area contributed by atoms with Crippen LogP contribution < -0.4 is 0 Å². The normalized spacial score (nSPS) is 11.3. The molecule has 18 heavy (non-hydrogen) atoms. The Labute approximate surface area is 116 Å². The minimum Gasteiger partial charge on any atom is -0.481 e. The Kier molecular flexibility index (Phi) is 4.77. The van der Waals surface area contributed by atoms with Crippen LogP contribution in [0, 0.1) is 5.41 Å². The lowest BCUT2D eigenvalue weighted by Gasteiger charge is -2.21. The predicted octanol–water partition coefficient (Wildman–Crippen LogP) is 4.07. The summed E-state index contributed by atoms with van der Waals surface area (Å²) >= 11 is 11.7. The molecule has 5 heteroatoms. The summed E-state index contributed by atoms with van der Waals surface area (Å²) in [6.45, 7) is 3.47. The first kappa shape index (κ1) is 15.0. The summed E-state index contributed by atoms with van der Waals surface area (Å²) in [5.74, 6) is -1.13. The van der Waals surface area contributed by atoms with Gasteiger partial charge in [0.05, 0.1) is 11.4 Å². The summed E-state index contributed by atoms with van der Waals surface area (Å²) in [4.78, 5) is 22.8. The van der Waals surface area contributed by atoms with E-state index >= 15 is 0 Å². The van der Waals surface area contributed by atoms with Gasteiger partial charge in [-0.2, -0.15) is 0 Å².